The zero-order valence-corrected chi connectivity index (χ0v) is 21.4. The first kappa shape index (κ1) is 26.1. The summed E-state index contributed by atoms with van der Waals surface area (Å²) in [5, 5.41) is 6.76. The molecule has 10 heteroatoms. The van der Waals surface area contributed by atoms with Crippen molar-refractivity contribution in [2.75, 3.05) is 43.4 Å². The number of nitrogens with zero attached hydrogens (tertiary/aromatic N) is 4. The summed E-state index contributed by atoms with van der Waals surface area (Å²) in [7, 11) is 0. The number of rotatable bonds is 10. The van der Waals surface area contributed by atoms with E-state index in [1.807, 2.05) is 36.9 Å². The number of urea groups is 1. The molecule has 0 saturated carbocycles. The Hall–Kier alpha value is -2.52. The molecule has 0 bridgehead atoms. The largest absolute Gasteiger partial charge is 0.353 e. The minimum Gasteiger partial charge on any atom is -0.353 e. The van der Waals surface area contributed by atoms with E-state index in [-0.39, 0.29) is 23.7 Å². The van der Waals surface area contributed by atoms with Gasteiger partial charge in [-0.05, 0) is 31.7 Å². The molecule has 3 amide bonds. The molecule has 1 aliphatic rings. The average molecular weight is 505 g/mol. The highest BCUT2D eigenvalue weighted by molar-refractivity contribution is 7.99. The third-order valence-corrected chi connectivity index (χ3v) is 6.57. The number of anilines is 1. The van der Waals surface area contributed by atoms with Crippen LogP contribution in [0.15, 0.2) is 41.6 Å². The second-order valence-corrected chi connectivity index (χ2v) is 9.65. The monoisotopic (exact) mass is 504 g/mol. The summed E-state index contributed by atoms with van der Waals surface area (Å²) in [6.45, 7) is 7.28. The number of thioether (sulfide) groups is 1. The number of aromatic nitrogens is 2. The Kier molecular flexibility index (Phi) is 10.3. The highest BCUT2D eigenvalue weighted by atomic mass is 35.5. The van der Waals surface area contributed by atoms with Crippen molar-refractivity contribution in [2.24, 2.45) is 0 Å². The fourth-order valence-corrected chi connectivity index (χ4v) is 4.53. The lowest BCUT2D eigenvalue weighted by Gasteiger charge is -2.35. The van der Waals surface area contributed by atoms with Crippen LogP contribution in [0.1, 0.15) is 32.3 Å². The Bertz CT molecular complexity index is 940. The fraction of sp³-hybridized carbons (Fsp3) is 0.500. The van der Waals surface area contributed by atoms with Gasteiger partial charge in [-0.2, -0.15) is 0 Å². The number of hydrogen-bond acceptors (Lipinski definition) is 6. The molecule has 34 heavy (non-hydrogen) atoms. The van der Waals surface area contributed by atoms with Crippen molar-refractivity contribution in [2.45, 2.75) is 44.3 Å². The molecule has 2 heterocycles. The van der Waals surface area contributed by atoms with Crippen LogP contribution >= 0.6 is 23.4 Å². The van der Waals surface area contributed by atoms with E-state index >= 15 is 0 Å². The summed E-state index contributed by atoms with van der Waals surface area (Å²) in [5.74, 6) is 0.885. The number of nitrogens with one attached hydrogen (secondary N) is 2. The number of carbonyl (C=O) groups is 2. The van der Waals surface area contributed by atoms with E-state index in [1.165, 1.54) is 17.3 Å². The van der Waals surface area contributed by atoms with Crippen LogP contribution in [0.25, 0.3) is 0 Å². The molecule has 8 nitrogen and oxygen atoms in total. The van der Waals surface area contributed by atoms with Crippen LogP contribution in [0.2, 0.25) is 5.15 Å². The minimum atomic E-state index is -0.0533. The molecule has 1 atom stereocenters. The van der Waals surface area contributed by atoms with Crippen LogP contribution in [-0.4, -0.2) is 71.3 Å². The molecule has 2 N–H and O–H groups in total. The third-order valence-electron chi connectivity index (χ3n) is 5.53. The van der Waals surface area contributed by atoms with Gasteiger partial charge in [0.15, 0.2) is 5.16 Å². The van der Waals surface area contributed by atoms with Crippen molar-refractivity contribution in [3.05, 3.63) is 47.1 Å². The zero-order chi connectivity index (χ0) is 24.3. The highest BCUT2D eigenvalue weighted by Gasteiger charge is 2.22. The van der Waals surface area contributed by atoms with E-state index in [1.54, 1.807) is 6.07 Å². The Morgan fingerprint density at radius 2 is 1.88 bits per heavy atom. The highest BCUT2D eigenvalue weighted by Crippen LogP contribution is 2.23. The quantitative estimate of drug-likeness (QED) is 0.292. The number of benzene rings is 1. The first-order chi connectivity index (χ1) is 16.4. The summed E-state index contributed by atoms with van der Waals surface area (Å²) in [5.41, 5.74) is 1.26. The van der Waals surface area contributed by atoms with Gasteiger partial charge in [-0.3, -0.25) is 4.79 Å². The third kappa shape index (κ3) is 8.36. The number of hydrogen-bond donors (Lipinski definition) is 2. The van der Waals surface area contributed by atoms with Crippen LogP contribution in [0, 0.1) is 0 Å². The normalized spacial score (nSPS) is 14.6. The molecular formula is C24H33ClN6O2S. The molecule has 0 spiro atoms. The molecule has 184 valence electrons. The van der Waals surface area contributed by atoms with Crippen LogP contribution < -0.4 is 15.5 Å². The molecule has 2 aromatic rings. The lowest BCUT2D eigenvalue weighted by Crippen LogP contribution is -2.52. The van der Waals surface area contributed by atoms with Crippen molar-refractivity contribution in [3.8, 4) is 0 Å². The zero-order valence-electron chi connectivity index (χ0n) is 19.8. The summed E-state index contributed by atoms with van der Waals surface area (Å²) >= 11 is 7.51. The van der Waals surface area contributed by atoms with E-state index < -0.39 is 0 Å². The number of aryl methyl sites for hydroxylation is 1. The molecule has 3 rings (SSSR count). The van der Waals surface area contributed by atoms with Crippen molar-refractivity contribution in [3.63, 3.8) is 0 Å². The minimum absolute atomic E-state index is 0.0255. The predicted molar refractivity (Wildman–Crippen MR) is 138 cm³/mol. The van der Waals surface area contributed by atoms with Crippen LogP contribution in [0.5, 0.6) is 0 Å². The second kappa shape index (κ2) is 13.4. The predicted octanol–water partition coefficient (Wildman–Crippen LogP) is 3.60. The molecule has 1 aliphatic heterocycles. The van der Waals surface area contributed by atoms with Crippen LogP contribution in [0.3, 0.4) is 0 Å². The van der Waals surface area contributed by atoms with Crippen molar-refractivity contribution in [1.29, 1.82) is 0 Å². The summed E-state index contributed by atoms with van der Waals surface area (Å²) in [6.07, 6.45) is 2.71. The van der Waals surface area contributed by atoms with E-state index in [0.717, 1.165) is 19.3 Å². The molecule has 0 aliphatic carbocycles. The van der Waals surface area contributed by atoms with E-state index in [2.05, 4.69) is 37.6 Å². The number of halogens is 1. The topological polar surface area (TPSA) is 90.5 Å². The van der Waals surface area contributed by atoms with E-state index in [4.69, 9.17) is 11.6 Å². The van der Waals surface area contributed by atoms with Crippen LogP contribution in [-0.2, 0) is 11.2 Å². The van der Waals surface area contributed by atoms with Gasteiger partial charge >= 0.3 is 6.03 Å². The van der Waals surface area contributed by atoms with Gasteiger partial charge in [-0.1, -0.05) is 60.6 Å². The molecule has 1 aromatic heterocycles. The number of amides is 3. The van der Waals surface area contributed by atoms with Crippen LogP contribution in [0.4, 0.5) is 10.6 Å². The maximum Gasteiger partial charge on any atom is 0.317 e. The molecular weight excluding hydrogens is 472 g/mol. The van der Waals surface area contributed by atoms with Gasteiger partial charge in [-0.25, -0.2) is 14.8 Å². The van der Waals surface area contributed by atoms with Crippen molar-refractivity contribution >= 4 is 41.1 Å². The first-order valence-corrected chi connectivity index (χ1v) is 13.1. The molecule has 1 unspecified atom stereocenters. The average Bonchev–Trinajstić information content (AvgIpc) is 2.85. The number of carbonyl (C=O) groups excluding carboxylic acids is 2. The van der Waals surface area contributed by atoms with Gasteiger partial charge in [0.2, 0.25) is 5.91 Å². The van der Waals surface area contributed by atoms with Crippen molar-refractivity contribution < 1.29 is 9.59 Å². The van der Waals surface area contributed by atoms with Gasteiger partial charge in [0.1, 0.15) is 11.0 Å². The fourth-order valence-electron chi connectivity index (χ4n) is 3.64. The second-order valence-electron chi connectivity index (χ2n) is 8.32. The summed E-state index contributed by atoms with van der Waals surface area (Å²) in [6, 6.07) is 12.0. The standard InChI is InChI=1S/C24H33ClN6O2S/c1-3-11-26-24(33)31-14-12-30(13-15-31)21-16-20(25)28-23(29-21)34-17-22(32)27-18(2)9-10-19-7-5-4-6-8-19/h4-8,16,18H,3,9-15,17H2,1-2H3,(H,26,33)(H,27,32). The van der Waals surface area contributed by atoms with E-state index in [9.17, 15) is 9.59 Å². The maximum absolute atomic E-state index is 12.4. The van der Waals surface area contributed by atoms with Gasteiger partial charge < -0.3 is 20.4 Å². The molecule has 1 saturated heterocycles. The smallest absolute Gasteiger partial charge is 0.317 e. The Morgan fingerprint density at radius 1 is 1.15 bits per heavy atom. The Morgan fingerprint density at radius 3 is 2.59 bits per heavy atom. The Labute approximate surface area is 210 Å². The first-order valence-electron chi connectivity index (χ1n) is 11.7. The molecule has 0 radical (unpaired) electrons. The van der Waals surface area contributed by atoms with Crippen molar-refractivity contribution in [1.82, 2.24) is 25.5 Å². The Balaban J connectivity index is 1.45. The van der Waals surface area contributed by atoms with Gasteiger partial charge in [0.25, 0.3) is 0 Å². The SMILES string of the molecule is CCCNC(=O)N1CCN(c2cc(Cl)nc(SCC(=O)NC(C)CCc3ccccc3)n2)CC1. The lowest BCUT2D eigenvalue weighted by atomic mass is 10.1. The van der Waals surface area contributed by atoms with Gasteiger partial charge in [0.05, 0.1) is 5.75 Å². The summed E-state index contributed by atoms with van der Waals surface area (Å²) in [4.78, 5) is 37.3. The van der Waals surface area contributed by atoms with Gasteiger partial charge in [-0.15, -0.1) is 0 Å². The van der Waals surface area contributed by atoms with Gasteiger partial charge in [0, 0.05) is 44.8 Å². The molecule has 1 aromatic carbocycles. The number of piperazine rings is 1. The van der Waals surface area contributed by atoms with E-state index in [0.29, 0.717) is 48.9 Å². The lowest BCUT2D eigenvalue weighted by molar-refractivity contribution is -0.119. The molecule has 1 fully saturated rings. The summed E-state index contributed by atoms with van der Waals surface area (Å²) < 4.78 is 0. The maximum atomic E-state index is 12.4.